The normalized spacial score (nSPS) is 10.5. The average Bonchev–Trinajstić information content (AvgIpc) is 2.34. The van der Waals surface area contributed by atoms with Gasteiger partial charge in [-0.25, -0.2) is 0 Å². The number of ether oxygens (including phenoxy) is 3. The molecule has 1 N–H and O–H groups in total. The van der Waals surface area contributed by atoms with Gasteiger partial charge in [0.25, 0.3) is 0 Å². The van der Waals surface area contributed by atoms with Gasteiger partial charge in [0.05, 0.1) is 13.2 Å². The molecule has 106 valence electrons. The third-order valence-electron chi connectivity index (χ3n) is 2.01. The van der Waals surface area contributed by atoms with Crippen molar-refractivity contribution in [3.63, 3.8) is 0 Å². The topological polar surface area (TPSA) is 56.8 Å². The lowest BCUT2D eigenvalue weighted by molar-refractivity contribution is -0.121. The summed E-state index contributed by atoms with van der Waals surface area (Å²) in [5.74, 6) is -0.404. The van der Waals surface area contributed by atoms with E-state index in [4.69, 9.17) is 9.47 Å². The van der Waals surface area contributed by atoms with Gasteiger partial charge in [0.2, 0.25) is 5.91 Å². The Kier molecular flexibility index (Phi) is 6.76. The van der Waals surface area contributed by atoms with Gasteiger partial charge >= 0.3 is 6.61 Å². The summed E-state index contributed by atoms with van der Waals surface area (Å²) in [5, 5.41) is 2.50. The molecule has 0 bridgehead atoms. The molecule has 0 aliphatic heterocycles. The number of carbonyl (C=O) groups excluding carboxylic acids is 1. The van der Waals surface area contributed by atoms with E-state index in [1.165, 1.54) is 25.3 Å². The number of carbonyl (C=O) groups is 1. The van der Waals surface area contributed by atoms with E-state index in [9.17, 15) is 13.6 Å². The zero-order chi connectivity index (χ0) is 14.1. The molecule has 0 aliphatic rings. The molecule has 0 aliphatic carbocycles. The molecule has 0 saturated carbocycles. The van der Waals surface area contributed by atoms with Crippen LogP contribution < -0.4 is 10.1 Å². The fourth-order valence-corrected chi connectivity index (χ4v) is 1.25. The molecule has 0 fully saturated rings. The average molecular weight is 275 g/mol. The zero-order valence-electron chi connectivity index (χ0n) is 10.4. The third kappa shape index (κ3) is 6.68. The maximum Gasteiger partial charge on any atom is 0.387 e. The van der Waals surface area contributed by atoms with Crippen LogP contribution >= 0.6 is 0 Å². The van der Waals surface area contributed by atoms with Crippen molar-refractivity contribution in [2.75, 3.05) is 32.2 Å². The monoisotopic (exact) mass is 275 g/mol. The highest BCUT2D eigenvalue weighted by Crippen LogP contribution is 2.19. The van der Waals surface area contributed by atoms with Gasteiger partial charge in [0.15, 0.2) is 0 Å². The van der Waals surface area contributed by atoms with E-state index >= 15 is 0 Å². The van der Waals surface area contributed by atoms with Gasteiger partial charge in [-0.1, -0.05) is 6.07 Å². The first-order chi connectivity index (χ1) is 9.11. The second-order valence-corrected chi connectivity index (χ2v) is 3.50. The highest BCUT2D eigenvalue weighted by Gasteiger charge is 2.06. The summed E-state index contributed by atoms with van der Waals surface area (Å²) in [4.78, 5) is 11.4. The Bertz CT molecular complexity index is 401. The van der Waals surface area contributed by atoms with Crippen molar-refractivity contribution in [2.24, 2.45) is 0 Å². The summed E-state index contributed by atoms with van der Waals surface area (Å²) in [6.45, 7) is -2.34. The van der Waals surface area contributed by atoms with E-state index in [1.807, 2.05) is 0 Å². The lowest BCUT2D eigenvalue weighted by Gasteiger charge is -2.08. The Hall–Kier alpha value is -1.73. The number of anilines is 1. The van der Waals surface area contributed by atoms with Crippen molar-refractivity contribution in [1.82, 2.24) is 0 Å². The lowest BCUT2D eigenvalue weighted by atomic mass is 10.3. The second kappa shape index (κ2) is 8.39. The Morgan fingerprint density at radius 2 is 2.16 bits per heavy atom. The number of hydrogen-bond donors (Lipinski definition) is 1. The number of benzene rings is 1. The van der Waals surface area contributed by atoms with Crippen molar-refractivity contribution in [2.45, 2.75) is 6.61 Å². The van der Waals surface area contributed by atoms with Gasteiger partial charge in [-0.3, -0.25) is 4.79 Å². The number of nitrogens with one attached hydrogen (secondary N) is 1. The molecule has 1 amide bonds. The van der Waals surface area contributed by atoms with Crippen molar-refractivity contribution in [1.29, 1.82) is 0 Å². The molecule has 0 atom stereocenters. The molecule has 0 aromatic heterocycles. The van der Waals surface area contributed by atoms with Gasteiger partial charge in [0, 0.05) is 18.9 Å². The molecule has 1 aromatic rings. The summed E-state index contributed by atoms with van der Waals surface area (Å²) < 4.78 is 38.0. The number of alkyl halides is 2. The summed E-state index contributed by atoms with van der Waals surface area (Å²) in [5.41, 5.74) is 0.360. The van der Waals surface area contributed by atoms with Gasteiger partial charge in [-0.2, -0.15) is 8.78 Å². The summed E-state index contributed by atoms with van der Waals surface area (Å²) in [6.07, 6.45) is 0. The molecular weight excluding hydrogens is 260 g/mol. The molecule has 1 rings (SSSR count). The Balaban J connectivity index is 2.41. The molecule has 5 nitrogen and oxygen atoms in total. The summed E-state index contributed by atoms with van der Waals surface area (Å²) in [6, 6.07) is 5.74. The quantitative estimate of drug-likeness (QED) is 0.736. The van der Waals surface area contributed by atoms with Crippen molar-refractivity contribution in [3.05, 3.63) is 24.3 Å². The van der Waals surface area contributed by atoms with E-state index in [0.717, 1.165) is 0 Å². The Labute approximate surface area is 109 Å². The van der Waals surface area contributed by atoms with Crippen LogP contribution in [-0.2, 0) is 14.3 Å². The minimum atomic E-state index is -2.90. The molecule has 0 heterocycles. The van der Waals surface area contributed by atoms with Crippen LogP contribution in [0.3, 0.4) is 0 Å². The van der Waals surface area contributed by atoms with E-state index in [2.05, 4.69) is 10.1 Å². The minimum absolute atomic E-state index is 0.0203. The van der Waals surface area contributed by atoms with Crippen LogP contribution in [-0.4, -0.2) is 39.4 Å². The molecule has 0 saturated heterocycles. The van der Waals surface area contributed by atoms with E-state index in [0.29, 0.717) is 18.9 Å². The number of hydrogen-bond acceptors (Lipinski definition) is 4. The third-order valence-corrected chi connectivity index (χ3v) is 2.01. The first-order valence-electron chi connectivity index (χ1n) is 5.53. The molecule has 0 unspecified atom stereocenters. The van der Waals surface area contributed by atoms with Gasteiger partial charge in [0.1, 0.15) is 12.4 Å². The highest BCUT2D eigenvalue weighted by atomic mass is 19.3. The van der Waals surface area contributed by atoms with Gasteiger partial charge < -0.3 is 19.5 Å². The fourth-order valence-electron chi connectivity index (χ4n) is 1.25. The van der Waals surface area contributed by atoms with E-state index in [-0.39, 0.29) is 18.3 Å². The van der Waals surface area contributed by atoms with E-state index in [1.54, 1.807) is 6.07 Å². The highest BCUT2D eigenvalue weighted by molar-refractivity contribution is 5.91. The van der Waals surface area contributed by atoms with Crippen LogP contribution in [0, 0.1) is 0 Å². The zero-order valence-corrected chi connectivity index (χ0v) is 10.4. The smallest absolute Gasteiger partial charge is 0.387 e. The standard InChI is InChI=1S/C12H15F2NO4/c1-17-5-6-18-8-11(16)15-9-3-2-4-10(7-9)19-12(13)14/h2-4,7,12H,5-6,8H2,1H3,(H,15,16). The Morgan fingerprint density at radius 3 is 2.84 bits per heavy atom. The summed E-state index contributed by atoms with van der Waals surface area (Å²) in [7, 11) is 1.53. The molecule has 1 aromatic carbocycles. The maximum atomic E-state index is 12.0. The fraction of sp³-hybridized carbons (Fsp3) is 0.417. The van der Waals surface area contributed by atoms with Crippen LogP contribution in [0.25, 0.3) is 0 Å². The predicted molar refractivity (Wildman–Crippen MR) is 64.4 cm³/mol. The maximum absolute atomic E-state index is 12.0. The van der Waals surface area contributed by atoms with Crippen LogP contribution in [0.4, 0.5) is 14.5 Å². The molecule has 0 spiro atoms. The minimum Gasteiger partial charge on any atom is -0.435 e. The first-order valence-corrected chi connectivity index (χ1v) is 5.53. The van der Waals surface area contributed by atoms with Crippen LogP contribution in [0.1, 0.15) is 0 Å². The second-order valence-electron chi connectivity index (χ2n) is 3.50. The van der Waals surface area contributed by atoms with Gasteiger partial charge in [-0.05, 0) is 12.1 Å². The van der Waals surface area contributed by atoms with Crippen LogP contribution in [0.2, 0.25) is 0 Å². The van der Waals surface area contributed by atoms with Gasteiger partial charge in [-0.15, -0.1) is 0 Å². The number of amides is 1. The van der Waals surface area contributed by atoms with E-state index < -0.39 is 6.61 Å². The molecule has 7 heteroatoms. The summed E-state index contributed by atoms with van der Waals surface area (Å²) >= 11 is 0. The largest absolute Gasteiger partial charge is 0.435 e. The number of methoxy groups -OCH3 is 1. The molecule has 19 heavy (non-hydrogen) atoms. The molecule has 0 radical (unpaired) electrons. The first kappa shape index (κ1) is 15.3. The van der Waals surface area contributed by atoms with Crippen LogP contribution in [0.5, 0.6) is 5.75 Å². The number of rotatable bonds is 8. The SMILES string of the molecule is COCCOCC(=O)Nc1cccc(OC(F)F)c1. The van der Waals surface area contributed by atoms with Crippen molar-refractivity contribution in [3.8, 4) is 5.75 Å². The molecular formula is C12H15F2NO4. The van der Waals surface area contributed by atoms with Crippen molar-refractivity contribution < 1.29 is 27.8 Å². The predicted octanol–water partition coefficient (Wildman–Crippen LogP) is 1.89. The lowest BCUT2D eigenvalue weighted by Crippen LogP contribution is -2.19. The Morgan fingerprint density at radius 1 is 1.37 bits per heavy atom. The van der Waals surface area contributed by atoms with Crippen molar-refractivity contribution >= 4 is 11.6 Å². The van der Waals surface area contributed by atoms with Crippen LogP contribution in [0.15, 0.2) is 24.3 Å². The number of halogens is 2.